The van der Waals surface area contributed by atoms with Crippen LogP contribution in [0.3, 0.4) is 0 Å². The highest BCUT2D eigenvalue weighted by Crippen LogP contribution is 2.17. The van der Waals surface area contributed by atoms with Gasteiger partial charge in [0.05, 0.1) is 4.90 Å². The number of nitrogens with zero attached hydrogens (tertiary/aromatic N) is 1. The van der Waals surface area contributed by atoms with Gasteiger partial charge in [-0.2, -0.15) is 4.31 Å². The molecule has 0 aliphatic carbocycles. The van der Waals surface area contributed by atoms with Gasteiger partial charge in [0.25, 0.3) is 5.91 Å². The van der Waals surface area contributed by atoms with Crippen LogP contribution in [0, 0.1) is 0 Å². The van der Waals surface area contributed by atoms with Crippen molar-refractivity contribution in [3.63, 3.8) is 0 Å². The number of nitrogens with one attached hydrogen (secondary N) is 1. The van der Waals surface area contributed by atoms with Gasteiger partial charge < -0.3 is 5.32 Å². The molecular weight excluding hydrogens is 404 g/mol. The van der Waals surface area contributed by atoms with E-state index < -0.39 is 10.0 Å². The predicted molar refractivity (Wildman–Crippen MR) is 102 cm³/mol. The van der Waals surface area contributed by atoms with Crippen LogP contribution in [0.1, 0.15) is 29.8 Å². The van der Waals surface area contributed by atoms with Gasteiger partial charge in [0.15, 0.2) is 0 Å². The maximum atomic E-state index is 12.4. The van der Waals surface area contributed by atoms with Crippen molar-refractivity contribution in [3.05, 3.63) is 64.1 Å². The van der Waals surface area contributed by atoms with Crippen molar-refractivity contribution in [2.24, 2.45) is 0 Å². The van der Waals surface area contributed by atoms with Gasteiger partial charge in [0.2, 0.25) is 10.0 Å². The van der Waals surface area contributed by atoms with Gasteiger partial charge in [-0.25, -0.2) is 8.42 Å². The lowest BCUT2D eigenvalue weighted by molar-refractivity contribution is 0.0951. The van der Waals surface area contributed by atoms with Gasteiger partial charge in [-0.3, -0.25) is 4.79 Å². The molecule has 0 saturated heterocycles. The Morgan fingerprint density at radius 1 is 1.16 bits per heavy atom. The average Bonchev–Trinajstić information content (AvgIpc) is 2.59. The molecule has 0 heterocycles. The largest absolute Gasteiger partial charge is 0.348 e. The van der Waals surface area contributed by atoms with Gasteiger partial charge >= 0.3 is 0 Å². The quantitative estimate of drug-likeness (QED) is 0.772. The topological polar surface area (TPSA) is 66.5 Å². The molecule has 2 aromatic carbocycles. The first-order valence-electron chi connectivity index (χ1n) is 7.82. The summed E-state index contributed by atoms with van der Waals surface area (Å²) in [5.41, 5.74) is 1.39. The van der Waals surface area contributed by atoms with Crippen molar-refractivity contribution in [2.45, 2.75) is 31.3 Å². The van der Waals surface area contributed by atoms with Gasteiger partial charge in [0.1, 0.15) is 0 Å². The molecule has 7 heteroatoms. The Labute approximate surface area is 157 Å². The minimum Gasteiger partial charge on any atom is -0.348 e. The Balaban J connectivity index is 2.08. The van der Waals surface area contributed by atoms with Crippen LogP contribution in [0.15, 0.2) is 57.9 Å². The van der Waals surface area contributed by atoms with Crippen LogP contribution in [-0.4, -0.2) is 31.7 Å². The third-order valence-electron chi connectivity index (χ3n) is 3.86. The third-order valence-corrected chi connectivity index (χ3v) is 6.40. The summed E-state index contributed by atoms with van der Waals surface area (Å²) in [6.07, 6.45) is 0. The smallest absolute Gasteiger partial charge is 0.251 e. The second kappa shape index (κ2) is 8.12. The summed E-state index contributed by atoms with van der Waals surface area (Å²) in [7, 11) is -2.00. The number of amides is 1. The average molecular weight is 425 g/mol. The lowest BCUT2D eigenvalue weighted by atomic mass is 10.2. The first-order valence-corrected chi connectivity index (χ1v) is 10.1. The van der Waals surface area contributed by atoms with E-state index in [1.54, 1.807) is 20.9 Å². The SMILES string of the molecule is CC(C)N(C)S(=O)(=O)c1ccc(C(=O)NCc2cccc(Br)c2)cc1. The van der Waals surface area contributed by atoms with E-state index >= 15 is 0 Å². The fourth-order valence-corrected chi connectivity index (χ4v) is 3.97. The van der Waals surface area contributed by atoms with Gasteiger partial charge in [-0.1, -0.05) is 28.1 Å². The maximum Gasteiger partial charge on any atom is 0.251 e. The van der Waals surface area contributed by atoms with E-state index in [1.807, 2.05) is 24.3 Å². The number of carbonyl (C=O) groups is 1. The molecule has 5 nitrogen and oxygen atoms in total. The van der Waals surface area contributed by atoms with Crippen LogP contribution < -0.4 is 5.32 Å². The zero-order valence-corrected chi connectivity index (χ0v) is 16.8. The van der Waals surface area contributed by atoms with Crippen molar-refractivity contribution in [1.29, 1.82) is 0 Å². The highest BCUT2D eigenvalue weighted by Gasteiger charge is 2.23. The van der Waals surface area contributed by atoms with E-state index in [2.05, 4.69) is 21.2 Å². The number of halogens is 1. The lowest BCUT2D eigenvalue weighted by Crippen LogP contribution is -2.33. The lowest BCUT2D eigenvalue weighted by Gasteiger charge is -2.21. The summed E-state index contributed by atoms with van der Waals surface area (Å²) in [4.78, 5) is 12.4. The molecule has 0 saturated carbocycles. The Hall–Kier alpha value is -1.70. The van der Waals surface area contributed by atoms with E-state index in [1.165, 1.54) is 28.6 Å². The van der Waals surface area contributed by atoms with Gasteiger partial charge in [0, 0.05) is 29.7 Å². The Kier molecular flexibility index (Phi) is 6.37. The number of rotatable bonds is 6. The normalized spacial score (nSPS) is 11.8. The van der Waals surface area contributed by atoms with Crippen LogP contribution >= 0.6 is 15.9 Å². The van der Waals surface area contributed by atoms with Crippen molar-refractivity contribution in [3.8, 4) is 0 Å². The van der Waals surface area contributed by atoms with Crippen molar-refractivity contribution in [2.75, 3.05) is 7.05 Å². The third kappa shape index (κ3) is 4.90. The summed E-state index contributed by atoms with van der Waals surface area (Å²) < 4.78 is 27.1. The van der Waals surface area contributed by atoms with Crippen LogP contribution in [0.4, 0.5) is 0 Å². The highest BCUT2D eigenvalue weighted by atomic mass is 79.9. The van der Waals surface area contributed by atoms with Crippen LogP contribution in [0.2, 0.25) is 0 Å². The summed E-state index contributed by atoms with van der Waals surface area (Å²) in [6, 6.07) is 13.5. The zero-order chi connectivity index (χ0) is 18.6. The number of benzene rings is 2. The monoisotopic (exact) mass is 424 g/mol. The molecule has 0 aliphatic heterocycles. The van der Waals surface area contributed by atoms with Crippen LogP contribution in [0.5, 0.6) is 0 Å². The Bertz CT molecular complexity index is 849. The number of carbonyl (C=O) groups excluding carboxylic acids is 1. The molecule has 0 radical (unpaired) electrons. The minimum absolute atomic E-state index is 0.141. The van der Waals surface area contributed by atoms with Crippen molar-refractivity contribution < 1.29 is 13.2 Å². The molecular formula is C18H21BrN2O3S. The molecule has 0 bridgehead atoms. The molecule has 2 aromatic rings. The standard InChI is InChI=1S/C18H21BrN2O3S/c1-13(2)21(3)25(23,24)17-9-7-15(8-10-17)18(22)20-12-14-5-4-6-16(19)11-14/h4-11,13H,12H2,1-3H3,(H,20,22). The van der Waals surface area contributed by atoms with Crippen LogP contribution in [0.25, 0.3) is 0 Å². The first-order chi connectivity index (χ1) is 11.7. The Morgan fingerprint density at radius 2 is 1.80 bits per heavy atom. The van der Waals surface area contributed by atoms with E-state index in [9.17, 15) is 13.2 Å². The fourth-order valence-electron chi connectivity index (χ4n) is 2.15. The minimum atomic E-state index is -3.54. The molecule has 0 aromatic heterocycles. The maximum absolute atomic E-state index is 12.4. The fraction of sp³-hybridized carbons (Fsp3) is 0.278. The molecule has 1 amide bonds. The molecule has 25 heavy (non-hydrogen) atoms. The molecule has 134 valence electrons. The summed E-state index contributed by atoms with van der Waals surface area (Å²) >= 11 is 3.39. The van der Waals surface area contributed by atoms with E-state index in [0.717, 1.165) is 10.0 Å². The van der Waals surface area contributed by atoms with Crippen LogP contribution in [-0.2, 0) is 16.6 Å². The number of hydrogen-bond donors (Lipinski definition) is 1. The van der Waals surface area contributed by atoms with E-state index in [4.69, 9.17) is 0 Å². The molecule has 2 rings (SSSR count). The molecule has 1 N–H and O–H groups in total. The molecule has 0 aliphatic rings. The molecule has 0 spiro atoms. The highest BCUT2D eigenvalue weighted by molar-refractivity contribution is 9.10. The van der Waals surface area contributed by atoms with E-state index in [-0.39, 0.29) is 16.8 Å². The number of sulfonamides is 1. The molecule has 0 atom stereocenters. The van der Waals surface area contributed by atoms with E-state index in [0.29, 0.717) is 12.1 Å². The summed E-state index contributed by atoms with van der Waals surface area (Å²) in [6.45, 7) is 4.01. The van der Waals surface area contributed by atoms with Gasteiger partial charge in [-0.15, -0.1) is 0 Å². The second-order valence-corrected chi connectivity index (χ2v) is 8.87. The van der Waals surface area contributed by atoms with Crippen molar-refractivity contribution in [1.82, 2.24) is 9.62 Å². The molecule has 0 unspecified atom stereocenters. The molecule has 0 fully saturated rings. The van der Waals surface area contributed by atoms with Gasteiger partial charge in [-0.05, 0) is 55.8 Å². The summed E-state index contributed by atoms with van der Waals surface area (Å²) in [5, 5.41) is 2.82. The zero-order valence-electron chi connectivity index (χ0n) is 14.4. The summed E-state index contributed by atoms with van der Waals surface area (Å²) in [5.74, 6) is -0.249. The first kappa shape index (κ1) is 19.6. The Morgan fingerprint density at radius 3 is 2.36 bits per heavy atom. The number of hydrogen-bond acceptors (Lipinski definition) is 3. The second-order valence-electron chi connectivity index (χ2n) is 5.95. The predicted octanol–water partition coefficient (Wildman–Crippen LogP) is 3.41. The van der Waals surface area contributed by atoms with Crippen molar-refractivity contribution >= 4 is 31.9 Å².